The lowest BCUT2D eigenvalue weighted by Crippen LogP contribution is -2.46. The Morgan fingerprint density at radius 3 is 2.50 bits per heavy atom. The van der Waals surface area contributed by atoms with Gasteiger partial charge in [0.15, 0.2) is 0 Å². The van der Waals surface area contributed by atoms with Crippen molar-refractivity contribution in [1.82, 2.24) is 10.2 Å². The molecule has 8 heteroatoms. The standard InChI is InChI=1S/C24H24N4O3S/c1-31-18-11-9-17(10-12-18)28-20(29)14-13-19(21(28)15-5-3-2-4-6-15)22(30)25-24-27-26-23(32-24)16-7-8-16/h2-6,9-12,16,19,21H,7-8,13-14H2,1H3,(H,25,27,30). The van der Waals surface area contributed by atoms with Crippen molar-refractivity contribution in [2.24, 2.45) is 5.92 Å². The number of hydrogen-bond acceptors (Lipinski definition) is 6. The van der Waals surface area contributed by atoms with E-state index >= 15 is 0 Å². The van der Waals surface area contributed by atoms with Gasteiger partial charge in [-0.2, -0.15) is 0 Å². The number of benzene rings is 2. The van der Waals surface area contributed by atoms with E-state index in [9.17, 15) is 9.59 Å². The Kier molecular flexibility index (Phi) is 5.61. The average Bonchev–Trinajstić information content (AvgIpc) is 3.58. The molecule has 7 nitrogen and oxygen atoms in total. The highest BCUT2D eigenvalue weighted by Gasteiger charge is 2.41. The molecule has 164 valence electrons. The number of carbonyl (C=O) groups is 2. The Labute approximate surface area is 190 Å². The number of nitrogens with zero attached hydrogens (tertiary/aromatic N) is 3. The normalized spacial score (nSPS) is 20.8. The van der Waals surface area contributed by atoms with Crippen LogP contribution in [0.25, 0.3) is 0 Å². The molecule has 2 aromatic carbocycles. The SMILES string of the molecule is COc1ccc(N2C(=O)CCC(C(=O)Nc3nnc(C4CC4)s3)C2c2ccccc2)cc1. The number of ether oxygens (including phenoxy) is 1. The Balaban J connectivity index is 1.47. The molecule has 2 atom stereocenters. The van der Waals surface area contributed by atoms with Crippen molar-refractivity contribution in [3.8, 4) is 5.75 Å². The van der Waals surface area contributed by atoms with Gasteiger partial charge >= 0.3 is 0 Å². The minimum absolute atomic E-state index is 0.00000447. The Morgan fingerprint density at radius 2 is 1.81 bits per heavy atom. The fraction of sp³-hybridized carbons (Fsp3) is 0.333. The topological polar surface area (TPSA) is 84.4 Å². The maximum atomic E-state index is 13.4. The quantitative estimate of drug-likeness (QED) is 0.598. The van der Waals surface area contributed by atoms with Gasteiger partial charge < -0.3 is 15.0 Å². The summed E-state index contributed by atoms with van der Waals surface area (Å²) < 4.78 is 5.26. The van der Waals surface area contributed by atoms with E-state index in [-0.39, 0.29) is 11.8 Å². The molecule has 1 saturated carbocycles. The highest BCUT2D eigenvalue weighted by Crippen LogP contribution is 2.43. The van der Waals surface area contributed by atoms with Crippen molar-refractivity contribution in [3.05, 3.63) is 65.2 Å². The maximum absolute atomic E-state index is 13.4. The number of aromatic nitrogens is 2. The van der Waals surface area contributed by atoms with Crippen LogP contribution in [0.1, 0.15) is 48.2 Å². The summed E-state index contributed by atoms with van der Waals surface area (Å²) in [6.45, 7) is 0. The Hall–Kier alpha value is -3.26. The molecule has 1 aromatic heterocycles. The van der Waals surface area contributed by atoms with Crippen molar-refractivity contribution in [2.45, 2.75) is 37.6 Å². The summed E-state index contributed by atoms with van der Waals surface area (Å²) in [6, 6.07) is 16.7. The summed E-state index contributed by atoms with van der Waals surface area (Å²) in [5.74, 6) is 0.661. The largest absolute Gasteiger partial charge is 0.497 e. The van der Waals surface area contributed by atoms with Gasteiger partial charge in [-0.1, -0.05) is 41.7 Å². The summed E-state index contributed by atoms with van der Waals surface area (Å²) in [7, 11) is 1.61. The van der Waals surface area contributed by atoms with Gasteiger partial charge in [0.1, 0.15) is 10.8 Å². The summed E-state index contributed by atoms with van der Waals surface area (Å²) in [4.78, 5) is 28.2. The fourth-order valence-corrected chi connectivity index (χ4v) is 5.14. The number of rotatable bonds is 6. The van der Waals surface area contributed by atoms with Crippen LogP contribution in [0.3, 0.4) is 0 Å². The van der Waals surface area contributed by atoms with E-state index in [0.29, 0.717) is 29.6 Å². The molecule has 32 heavy (non-hydrogen) atoms. The zero-order valence-electron chi connectivity index (χ0n) is 17.7. The van der Waals surface area contributed by atoms with Crippen molar-refractivity contribution < 1.29 is 14.3 Å². The van der Waals surface area contributed by atoms with Crippen LogP contribution in [0.15, 0.2) is 54.6 Å². The van der Waals surface area contributed by atoms with Crippen molar-refractivity contribution in [2.75, 3.05) is 17.3 Å². The Bertz CT molecular complexity index is 1110. The third-order valence-electron chi connectivity index (χ3n) is 6.02. The molecule has 0 spiro atoms. The number of piperidine rings is 1. The van der Waals surface area contributed by atoms with Crippen LogP contribution in [0, 0.1) is 5.92 Å². The van der Waals surface area contributed by atoms with E-state index < -0.39 is 12.0 Å². The average molecular weight is 449 g/mol. The molecule has 2 aliphatic rings. The van der Waals surface area contributed by atoms with Crippen LogP contribution in [0.4, 0.5) is 10.8 Å². The number of methoxy groups -OCH3 is 1. The smallest absolute Gasteiger partial charge is 0.231 e. The first-order valence-corrected chi connectivity index (χ1v) is 11.6. The highest BCUT2D eigenvalue weighted by molar-refractivity contribution is 7.15. The van der Waals surface area contributed by atoms with E-state index in [1.54, 1.807) is 12.0 Å². The van der Waals surface area contributed by atoms with Gasteiger partial charge in [0.05, 0.1) is 19.1 Å². The molecule has 1 saturated heterocycles. The first-order valence-electron chi connectivity index (χ1n) is 10.8. The molecular weight excluding hydrogens is 424 g/mol. The molecule has 5 rings (SSSR count). The minimum atomic E-state index is -0.415. The second-order valence-electron chi connectivity index (χ2n) is 8.17. The first-order chi connectivity index (χ1) is 15.6. The fourth-order valence-electron chi connectivity index (χ4n) is 4.22. The van der Waals surface area contributed by atoms with Gasteiger partial charge in [0.25, 0.3) is 0 Å². The third kappa shape index (κ3) is 4.10. The summed E-state index contributed by atoms with van der Waals surface area (Å²) >= 11 is 1.45. The highest BCUT2D eigenvalue weighted by atomic mass is 32.1. The van der Waals surface area contributed by atoms with Gasteiger partial charge in [-0.3, -0.25) is 9.59 Å². The van der Waals surface area contributed by atoms with Gasteiger partial charge in [0.2, 0.25) is 16.9 Å². The summed E-state index contributed by atoms with van der Waals surface area (Å²) in [5, 5.41) is 12.9. The van der Waals surface area contributed by atoms with Crippen molar-refractivity contribution in [3.63, 3.8) is 0 Å². The summed E-state index contributed by atoms with van der Waals surface area (Å²) in [6.07, 6.45) is 3.06. The lowest BCUT2D eigenvalue weighted by atomic mass is 9.83. The number of amides is 2. The van der Waals surface area contributed by atoms with Crippen molar-refractivity contribution >= 4 is 34.0 Å². The van der Waals surface area contributed by atoms with Gasteiger partial charge in [-0.15, -0.1) is 10.2 Å². The molecule has 1 aliphatic carbocycles. The molecule has 2 heterocycles. The Morgan fingerprint density at radius 1 is 1.06 bits per heavy atom. The molecule has 1 N–H and O–H groups in total. The van der Waals surface area contributed by atoms with Crippen molar-refractivity contribution in [1.29, 1.82) is 0 Å². The minimum Gasteiger partial charge on any atom is -0.497 e. The second-order valence-corrected chi connectivity index (χ2v) is 9.18. The van der Waals surface area contributed by atoms with Gasteiger partial charge in [0, 0.05) is 18.0 Å². The predicted molar refractivity (Wildman–Crippen MR) is 123 cm³/mol. The first kappa shape index (κ1) is 20.6. The maximum Gasteiger partial charge on any atom is 0.231 e. The molecule has 1 aliphatic heterocycles. The van der Waals surface area contributed by atoms with Crippen LogP contribution in [-0.2, 0) is 9.59 Å². The molecule has 2 amide bonds. The molecule has 2 unspecified atom stereocenters. The molecular formula is C24H24N4O3S. The lowest BCUT2D eigenvalue weighted by Gasteiger charge is -2.40. The molecule has 0 bridgehead atoms. The monoisotopic (exact) mass is 448 g/mol. The van der Waals surface area contributed by atoms with Crippen LogP contribution in [0.5, 0.6) is 5.75 Å². The second kappa shape index (κ2) is 8.70. The molecule has 0 radical (unpaired) electrons. The van der Waals surface area contributed by atoms with E-state index in [0.717, 1.165) is 29.1 Å². The zero-order chi connectivity index (χ0) is 22.1. The number of anilines is 2. The summed E-state index contributed by atoms with van der Waals surface area (Å²) in [5.41, 5.74) is 1.67. The number of hydrogen-bond donors (Lipinski definition) is 1. The zero-order valence-corrected chi connectivity index (χ0v) is 18.5. The van der Waals surface area contributed by atoms with Crippen LogP contribution in [-0.4, -0.2) is 29.1 Å². The van der Waals surface area contributed by atoms with E-state index in [1.807, 2.05) is 54.6 Å². The van der Waals surface area contributed by atoms with E-state index in [2.05, 4.69) is 15.5 Å². The lowest BCUT2D eigenvalue weighted by molar-refractivity contribution is -0.125. The predicted octanol–water partition coefficient (Wildman–Crippen LogP) is 4.55. The van der Waals surface area contributed by atoms with Crippen LogP contribution in [0.2, 0.25) is 0 Å². The molecule has 3 aromatic rings. The van der Waals surface area contributed by atoms with E-state index in [1.165, 1.54) is 11.3 Å². The third-order valence-corrected chi connectivity index (χ3v) is 7.02. The van der Waals surface area contributed by atoms with Crippen LogP contribution >= 0.6 is 11.3 Å². The molecule has 2 fully saturated rings. The number of carbonyl (C=O) groups excluding carboxylic acids is 2. The van der Waals surface area contributed by atoms with Gasteiger partial charge in [-0.25, -0.2) is 0 Å². The van der Waals surface area contributed by atoms with Gasteiger partial charge in [-0.05, 0) is 49.1 Å². The van der Waals surface area contributed by atoms with Crippen LogP contribution < -0.4 is 15.0 Å². The number of nitrogens with one attached hydrogen (secondary N) is 1. The van der Waals surface area contributed by atoms with E-state index in [4.69, 9.17) is 4.74 Å².